The molecule has 0 bridgehead atoms. The Morgan fingerprint density at radius 1 is 0.688 bits per heavy atom. The molecule has 0 saturated carbocycles. The molecule has 7 nitrogen and oxygen atoms in total. The Kier molecular flexibility index (Phi) is 11.9. The molecule has 0 saturated heterocycles. The first-order chi connectivity index (χ1) is 23.0. The van der Waals surface area contributed by atoms with Crippen molar-refractivity contribution >= 4 is 29.3 Å². The van der Waals surface area contributed by atoms with E-state index < -0.39 is 47.2 Å². The van der Waals surface area contributed by atoms with Crippen LogP contribution in [-0.2, 0) is 41.9 Å². The number of benzene rings is 4. The van der Waals surface area contributed by atoms with Crippen molar-refractivity contribution < 1.29 is 41.8 Å². The lowest BCUT2D eigenvalue weighted by atomic mass is 9.75. The molecule has 1 N–H and O–H groups in total. The van der Waals surface area contributed by atoms with Crippen LogP contribution in [-0.4, -0.2) is 36.8 Å². The summed E-state index contributed by atoms with van der Waals surface area (Å²) in [6.45, 7) is 3.74. The largest absolute Gasteiger partial charge is 0.465 e. The Hall–Kier alpha value is -5.25. The SMILES string of the molecule is CCCOC(=O)C(CC(=O)Cc1ccc(NC(=O)c2cc(C(F)(F)F)ccc2-c2ccccc2)cc1)(C(=O)OCCC)c1ccccc1. The first kappa shape index (κ1) is 35.6. The van der Waals surface area contributed by atoms with Crippen LogP contribution in [0.5, 0.6) is 0 Å². The molecule has 1 amide bonds. The lowest BCUT2D eigenvalue weighted by Gasteiger charge is -2.29. The summed E-state index contributed by atoms with van der Waals surface area (Å²) in [5.41, 5.74) is -1.11. The fourth-order valence-corrected chi connectivity index (χ4v) is 5.19. The van der Waals surface area contributed by atoms with E-state index in [-0.39, 0.29) is 36.4 Å². The molecule has 4 rings (SSSR count). The second kappa shape index (κ2) is 16.0. The number of ketones is 1. The normalized spacial score (nSPS) is 11.4. The highest BCUT2D eigenvalue weighted by molar-refractivity contribution is 6.10. The zero-order valence-corrected chi connectivity index (χ0v) is 26.6. The van der Waals surface area contributed by atoms with E-state index in [1.807, 2.05) is 13.8 Å². The van der Waals surface area contributed by atoms with Crippen LogP contribution < -0.4 is 5.32 Å². The molecule has 0 atom stereocenters. The fourth-order valence-electron chi connectivity index (χ4n) is 5.19. The second-order valence-corrected chi connectivity index (χ2v) is 11.2. The van der Waals surface area contributed by atoms with Gasteiger partial charge in [0.2, 0.25) is 0 Å². The van der Waals surface area contributed by atoms with Crippen LogP contribution >= 0.6 is 0 Å². The minimum atomic E-state index is -4.64. The molecule has 48 heavy (non-hydrogen) atoms. The number of carbonyl (C=O) groups is 4. The standard InChI is InChI=1S/C38H36F3NO6/c1-3-21-47-35(45)37(36(46)48-22-4-2,28-13-9-6-10-14-28)25-31(43)23-26-15-18-30(19-16-26)42-34(44)33-24-29(38(39,40)41)17-20-32(33)27-11-7-5-8-12-27/h5-20,24H,3-4,21-23,25H2,1-2H3,(H,42,44). The molecule has 10 heteroatoms. The van der Waals surface area contributed by atoms with Gasteiger partial charge in [0, 0.05) is 24.1 Å². The number of anilines is 1. The molecular weight excluding hydrogens is 623 g/mol. The van der Waals surface area contributed by atoms with Crippen molar-refractivity contribution in [3.63, 3.8) is 0 Å². The van der Waals surface area contributed by atoms with Crippen molar-refractivity contribution in [1.82, 2.24) is 0 Å². The van der Waals surface area contributed by atoms with Crippen LogP contribution in [0.4, 0.5) is 18.9 Å². The number of alkyl halides is 3. The van der Waals surface area contributed by atoms with Gasteiger partial charge < -0.3 is 14.8 Å². The molecule has 0 fully saturated rings. The third-order valence-electron chi connectivity index (χ3n) is 7.59. The lowest BCUT2D eigenvalue weighted by molar-refractivity contribution is -0.167. The van der Waals surface area contributed by atoms with E-state index in [9.17, 15) is 32.3 Å². The molecule has 0 aliphatic rings. The number of rotatable bonds is 14. The molecule has 0 heterocycles. The molecule has 250 valence electrons. The summed E-state index contributed by atoms with van der Waals surface area (Å²) in [5.74, 6) is -2.92. The monoisotopic (exact) mass is 659 g/mol. The zero-order chi connectivity index (χ0) is 34.7. The van der Waals surface area contributed by atoms with E-state index in [1.165, 1.54) is 18.2 Å². The predicted octanol–water partition coefficient (Wildman–Crippen LogP) is 7.97. The van der Waals surface area contributed by atoms with Gasteiger partial charge in [-0.1, -0.05) is 92.7 Å². The summed E-state index contributed by atoms with van der Waals surface area (Å²) >= 11 is 0. The van der Waals surface area contributed by atoms with Crippen molar-refractivity contribution in [1.29, 1.82) is 0 Å². The number of hydrogen-bond donors (Lipinski definition) is 1. The quantitative estimate of drug-likeness (QED) is 0.109. The van der Waals surface area contributed by atoms with Crippen LogP contribution in [0.3, 0.4) is 0 Å². The van der Waals surface area contributed by atoms with Crippen LogP contribution in [0.2, 0.25) is 0 Å². The Morgan fingerprint density at radius 2 is 1.25 bits per heavy atom. The average molecular weight is 660 g/mol. The maximum atomic E-state index is 13.5. The van der Waals surface area contributed by atoms with E-state index in [0.29, 0.717) is 29.5 Å². The fraction of sp³-hybridized carbons (Fsp3) is 0.263. The summed E-state index contributed by atoms with van der Waals surface area (Å²) in [4.78, 5) is 53.8. The van der Waals surface area contributed by atoms with Gasteiger partial charge in [0.1, 0.15) is 5.78 Å². The number of carbonyl (C=O) groups excluding carboxylic acids is 4. The molecule has 4 aromatic rings. The smallest absolute Gasteiger partial charge is 0.416 e. The van der Waals surface area contributed by atoms with Gasteiger partial charge in [0.05, 0.1) is 18.8 Å². The van der Waals surface area contributed by atoms with E-state index >= 15 is 0 Å². The van der Waals surface area contributed by atoms with Crippen LogP contribution in [0.1, 0.15) is 60.2 Å². The first-order valence-electron chi connectivity index (χ1n) is 15.6. The molecule has 0 aliphatic carbocycles. The van der Waals surface area contributed by atoms with Crippen molar-refractivity contribution in [3.8, 4) is 11.1 Å². The minimum absolute atomic E-state index is 0.0587. The predicted molar refractivity (Wildman–Crippen MR) is 175 cm³/mol. The molecule has 0 aliphatic heterocycles. The molecule has 0 spiro atoms. The van der Waals surface area contributed by atoms with Gasteiger partial charge >= 0.3 is 18.1 Å². The zero-order valence-electron chi connectivity index (χ0n) is 26.6. The van der Waals surface area contributed by atoms with Crippen molar-refractivity contribution in [2.75, 3.05) is 18.5 Å². The number of ether oxygens (including phenoxy) is 2. The highest BCUT2D eigenvalue weighted by Gasteiger charge is 2.52. The van der Waals surface area contributed by atoms with E-state index in [1.54, 1.807) is 72.8 Å². The van der Waals surface area contributed by atoms with Crippen molar-refractivity contribution in [2.45, 2.75) is 51.1 Å². The number of Topliss-reactive ketones (excluding diaryl/α,β-unsaturated/α-hetero) is 1. The molecule has 0 aromatic heterocycles. The number of nitrogens with one attached hydrogen (secondary N) is 1. The van der Waals surface area contributed by atoms with Gasteiger partial charge in [-0.05, 0) is 59.4 Å². The van der Waals surface area contributed by atoms with Crippen LogP contribution in [0, 0.1) is 0 Å². The molecule has 4 aromatic carbocycles. The minimum Gasteiger partial charge on any atom is -0.465 e. The Balaban J connectivity index is 1.56. The van der Waals surface area contributed by atoms with Gasteiger partial charge in [-0.2, -0.15) is 13.2 Å². The maximum absolute atomic E-state index is 13.5. The lowest BCUT2D eigenvalue weighted by Crippen LogP contribution is -2.48. The van der Waals surface area contributed by atoms with Gasteiger partial charge in [-0.15, -0.1) is 0 Å². The molecule has 0 radical (unpaired) electrons. The third-order valence-corrected chi connectivity index (χ3v) is 7.59. The molecule has 0 unspecified atom stereocenters. The number of hydrogen-bond acceptors (Lipinski definition) is 6. The van der Waals surface area contributed by atoms with Crippen molar-refractivity contribution in [3.05, 3.63) is 125 Å². The Labute approximate surface area is 277 Å². The summed E-state index contributed by atoms with van der Waals surface area (Å²) < 4.78 is 51.4. The van der Waals surface area contributed by atoms with Gasteiger partial charge in [0.15, 0.2) is 5.41 Å². The molecular formula is C38H36F3NO6. The number of esters is 2. The van der Waals surface area contributed by atoms with E-state index in [4.69, 9.17) is 9.47 Å². The van der Waals surface area contributed by atoms with Gasteiger partial charge in [-0.25, -0.2) is 0 Å². The number of amides is 1. The summed E-state index contributed by atoms with van der Waals surface area (Å²) in [6.07, 6.45) is -4.28. The Morgan fingerprint density at radius 3 is 1.79 bits per heavy atom. The van der Waals surface area contributed by atoms with Gasteiger partial charge in [0.25, 0.3) is 5.91 Å². The van der Waals surface area contributed by atoms with Gasteiger partial charge in [-0.3, -0.25) is 19.2 Å². The van der Waals surface area contributed by atoms with Crippen molar-refractivity contribution in [2.24, 2.45) is 0 Å². The topological polar surface area (TPSA) is 98.8 Å². The highest BCUT2D eigenvalue weighted by Crippen LogP contribution is 2.35. The average Bonchev–Trinajstić information content (AvgIpc) is 3.09. The Bertz CT molecular complexity index is 1700. The van der Waals surface area contributed by atoms with Crippen LogP contribution in [0.25, 0.3) is 11.1 Å². The first-order valence-corrected chi connectivity index (χ1v) is 15.6. The van der Waals surface area contributed by atoms with E-state index in [2.05, 4.69) is 5.32 Å². The van der Waals surface area contributed by atoms with E-state index in [0.717, 1.165) is 12.1 Å². The number of halogens is 3. The second-order valence-electron chi connectivity index (χ2n) is 11.2. The summed E-state index contributed by atoms with van der Waals surface area (Å²) in [5, 5.41) is 2.64. The third kappa shape index (κ3) is 8.56. The summed E-state index contributed by atoms with van der Waals surface area (Å²) in [6, 6.07) is 26.0. The maximum Gasteiger partial charge on any atom is 0.416 e. The highest BCUT2D eigenvalue weighted by atomic mass is 19.4. The van der Waals surface area contributed by atoms with Crippen LogP contribution in [0.15, 0.2) is 103 Å². The summed E-state index contributed by atoms with van der Waals surface area (Å²) in [7, 11) is 0.